The molecule has 0 unspecified atom stereocenters. The second-order valence-corrected chi connectivity index (χ2v) is 2.03. The van der Waals surface area contributed by atoms with E-state index in [1.165, 1.54) is 13.8 Å². The lowest BCUT2D eigenvalue weighted by molar-refractivity contribution is -0.134. The highest BCUT2D eigenvalue weighted by atomic mass is 16.2. The van der Waals surface area contributed by atoms with Gasteiger partial charge in [-0.25, -0.2) is 0 Å². The second-order valence-electron chi connectivity index (χ2n) is 2.03. The average molecular weight is 189 g/mol. The maximum Gasteiger partial charge on any atom is 0.284 e. The lowest BCUT2D eigenvalue weighted by atomic mass is 10.3. The highest BCUT2D eigenvalue weighted by Gasteiger charge is 1.95. The van der Waals surface area contributed by atoms with Gasteiger partial charge in [-0.1, -0.05) is 7.43 Å². The molecule has 0 aromatic heterocycles. The fourth-order valence-electron chi connectivity index (χ4n) is 0. The molecular formula is C8H15NO4. The number of ketones is 3. The van der Waals surface area contributed by atoms with Gasteiger partial charge in [0.15, 0.2) is 11.6 Å². The molecule has 5 nitrogen and oxygen atoms in total. The van der Waals surface area contributed by atoms with Gasteiger partial charge in [-0.15, -0.1) is 0 Å². The fourth-order valence-corrected chi connectivity index (χ4v) is 0. The van der Waals surface area contributed by atoms with Crippen LogP contribution in [0.1, 0.15) is 28.2 Å². The predicted octanol–water partition coefficient (Wildman–Crippen LogP) is -0.139. The number of primary amides is 1. The summed E-state index contributed by atoms with van der Waals surface area (Å²) in [6.07, 6.45) is 0. The van der Waals surface area contributed by atoms with Crippen molar-refractivity contribution < 1.29 is 19.2 Å². The molecule has 0 aliphatic rings. The van der Waals surface area contributed by atoms with Gasteiger partial charge in [0.05, 0.1) is 0 Å². The number of carbonyl (C=O) groups excluding carboxylic acids is 4. The number of carbonyl (C=O) groups is 4. The fraction of sp³-hybridized carbons (Fsp3) is 0.500. The Morgan fingerprint density at radius 1 is 0.769 bits per heavy atom. The molecule has 1 amide bonds. The van der Waals surface area contributed by atoms with Crippen molar-refractivity contribution in [3.8, 4) is 0 Å². The van der Waals surface area contributed by atoms with Crippen molar-refractivity contribution in [2.45, 2.75) is 28.2 Å². The van der Waals surface area contributed by atoms with Crippen LogP contribution in [0.25, 0.3) is 0 Å². The van der Waals surface area contributed by atoms with Crippen LogP contribution in [0, 0.1) is 0 Å². The molecule has 2 N–H and O–H groups in total. The lowest BCUT2D eigenvalue weighted by Gasteiger charge is -1.74. The van der Waals surface area contributed by atoms with E-state index in [2.05, 4.69) is 5.73 Å². The number of nitrogens with two attached hydrogens (primary N) is 1. The smallest absolute Gasteiger partial charge is 0.284 e. The molecule has 0 rings (SSSR count). The monoisotopic (exact) mass is 189 g/mol. The minimum Gasteiger partial charge on any atom is -0.363 e. The second kappa shape index (κ2) is 8.58. The highest BCUT2D eigenvalue weighted by molar-refractivity contribution is 6.35. The predicted molar refractivity (Wildman–Crippen MR) is 48.0 cm³/mol. The van der Waals surface area contributed by atoms with Crippen LogP contribution < -0.4 is 5.73 Å². The molecule has 0 aliphatic carbocycles. The maximum atomic E-state index is 9.79. The van der Waals surface area contributed by atoms with E-state index >= 15 is 0 Å². The summed E-state index contributed by atoms with van der Waals surface area (Å²) in [6, 6.07) is 0. The molecule has 0 fully saturated rings. The Balaban J connectivity index is -0.000000143. The van der Waals surface area contributed by atoms with Gasteiger partial charge in [0.1, 0.15) is 0 Å². The van der Waals surface area contributed by atoms with Crippen LogP contribution in [0.2, 0.25) is 0 Å². The van der Waals surface area contributed by atoms with E-state index in [-0.39, 0.29) is 19.0 Å². The van der Waals surface area contributed by atoms with Gasteiger partial charge in [-0.3, -0.25) is 19.2 Å². The Hall–Kier alpha value is -1.52. The van der Waals surface area contributed by atoms with E-state index in [9.17, 15) is 19.2 Å². The van der Waals surface area contributed by atoms with Crippen LogP contribution >= 0.6 is 0 Å². The molecule has 0 saturated heterocycles. The van der Waals surface area contributed by atoms with Crippen molar-refractivity contribution in [1.29, 1.82) is 0 Å². The quantitative estimate of drug-likeness (QED) is 0.612. The van der Waals surface area contributed by atoms with Crippen LogP contribution in [0.4, 0.5) is 0 Å². The van der Waals surface area contributed by atoms with Crippen molar-refractivity contribution in [2.75, 3.05) is 0 Å². The van der Waals surface area contributed by atoms with E-state index < -0.39 is 11.7 Å². The Morgan fingerprint density at radius 3 is 0.923 bits per heavy atom. The molecule has 5 heteroatoms. The van der Waals surface area contributed by atoms with E-state index in [0.29, 0.717) is 0 Å². The lowest BCUT2D eigenvalue weighted by Crippen LogP contribution is -2.19. The molecule has 0 bridgehead atoms. The van der Waals surface area contributed by atoms with Crippen molar-refractivity contribution in [3.05, 3.63) is 0 Å². The Bertz CT molecular complexity index is 172. The van der Waals surface area contributed by atoms with Crippen LogP contribution in [0.5, 0.6) is 0 Å². The minimum atomic E-state index is -0.880. The molecule has 0 aliphatic heterocycles. The Labute approximate surface area is 77.3 Å². The van der Waals surface area contributed by atoms with Crippen molar-refractivity contribution in [2.24, 2.45) is 5.73 Å². The first-order chi connectivity index (χ1) is 5.29. The highest BCUT2D eigenvalue weighted by Crippen LogP contribution is 1.66. The molecule has 13 heavy (non-hydrogen) atoms. The van der Waals surface area contributed by atoms with Gasteiger partial charge in [-0.05, 0) is 0 Å². The van der Waals surface area contributed by atoms with Crippen LogP contribution in [0.15, 0.2) is 0 Å². The molecule has 0 spiro atoms. The topological polar surface area (TPSA) is 94.3 Å². The summed E-state index contributed by atoms with van der Waals surface area (Å²) < 4.78 is 0. The first-order valence-electron chi connectivity index (χ1n) is 3.11. The molecule has 0 aromatic carbocycles. The summed E-state index contributed by atoms with van der Waals surface area (Å²) in [5.74, 6) is -2.24. The summed E-state index contributed by atoms with van der Waals surface area (Å²) in [4.78, 5) is 38.8. The third-order valence-corrected chi connectivity index (χ3v) is 0.843. The van der Waals surface area contributed by atoms with Crippen LogP contribution in [-0.4, -0.2) is 23.3 Å². The molecule has 0 radical (unpaired) electrons. The number of Topliss-reactive ketones (excluding diaryl/α,β-unsaturated/α-hetero) is 3. The van der Waals surface area contributed by atoms with E-state index in [1.807, 2.05) is 0 Å². The standard InChI is InChI=1S/C4H6O2.C3H5NO2.CH4/c1-3(5)4(2)6;1-2(5)3(4)6;/h1-2H3;1H3,(H2,4,6);1H4. The van der Waals surface area contributed by atoms with Gasteiger partial charge >= 0.3 is 0 Å². The molecular weight excluding hydrogens is 174 g/mol. The number of hydrogen-bond donors (Lipinski definition) is 1. The van der Waals surface area contributed by atoms with E-state index in [0.717, 1.165) is 6.92 Å². The van der Waals surface area contributed by atoms with Crippen LogP contribution in [0.3, 0.4) is 0 Å². The minimum absolute atomic E-state index is 0. The molecule has 0 atom stereocenters. The first-order valence-corrected chi connectivity index (χ1v) is 3.11. The van der Waals surface area contributed by atoms with Gasteiger partial charge in [0, 0.05) is 20.8 Å². The van der Waals surface area contributed by atoms with Gasteiger partial charge in [0.25, 0.3) is 5.91 Å². The summed E-state index contributed by atoms with van der Waals surface area (Å²) in [6.45, 7) is 3.63. The normalized spacial score (nSPS) is 7.00. The summed E-state index contributed by atoms with van der Waals surface area (Å²) >= 11 is 0. The van der Waals surface area contributed by atoms with Gasteiger partial charge in [-0.2, -0.15) is 0 Å². The summed E-state index contributed by atoms with van der Waals surface area (Å²) in [7, 11) is 0. The first kappa shape index (κ1) is 17.5. The maximum absolute atomic E-state index is 9.79. The van der Waals surface area contributed by atoms with Gasteiger partial charge < -0.3 is 5.73 Å². The zero-order valence-electron chi connectivity index (χ0n) is 7.21. The van der Waals surface area contributed by atoms with Gasteiger partial charge in [0.2, 0.25) is 5.78 Å². The van der Waals surface area contributed by atoms with Crippen molar-refractivity contribution in [3.63, 3.8) is 0 Å². The average Bonchev–Trinajstić information content (AvgIpc) is 1.88. The van der Waals surface area contributed by atoms with E-state index in [4.69, 9.17) is 0 Å². The summed E-state index contributed by atoms with van der Waals surface area (Å²) in [5, 5.41) is 0. The molecule has 0 saturated carbocycles. The molecule has 0 aromatic rings. The molecule has 76 valence electrons. The zero-order valence-corrected chi connectivity index (χ0v) is 7.21. The number of amides is 1. The zero-order chi connectivity index (χ0) is 10.3. The third kappa shape index (κ3) is 17.9. The number of rotatable bonds is 2. The Morgan fingerprint density at radius 2 is 0.923 bits per heavy atom. The van der Waals surface area contributed by atoms with Crippen molar-refractivity contribution >= 4 is 23.3 Å². The van der Waals surface area contributed by atoms with Crippen LogP contribution in [-0.2, 0) is 19.2 Å². The largest absolute Gasteiger partial charge is 0.363 e. The number of hydrogen-bond acceptors (Lipinski definition) is 4. The summed E-state index contributed by atoms with van der Waals surface area (Å²) in [5.41, 5.74) is 4.45. The van der Waals surface area contributed by atoms with E-state index in [1.54, 1.807) is 0 Å². The van der Waals surface area contributed by atoms with Crippen molar-refractivity contribution in [1.82, 2.24) is 0 Å². The molecule has 0 heterocycles. The SMILES string of the molecule is C.CC(=O)C(C)=O.CC(=O)C(N)=O. The third-order valence-electron chi connectivity index (χ3n) is 0.843. The Kier molecular flexibility index (Phi) is 11.6.